The van der Waals surface area contributed by atoms with E-state index in [0.717, 1.165) is 11.3 Å². The van der Waals surface area contributed by atoms with Gasteiger partial charge >= 0.3 is 11.9 Å². The number of nitrogens with zero attached hydrogens (tertiary/aromatic N) is 1. The number of carboxylic acid groups (broad SMARTS) is 1. The minimum absolute atomic E-state index is 0.0345. The van der Waals surface area contributed by atoms with E-state index in [4.69, 9.17) is 15.6 Å². The first-order valence-corrected chi connectivity index (χ1v) is 5.50. The Kier molecular flexibility index (Phi) is 4.48. The Labute approximate surface area is 101 Å². The van der Waals surface area contributed by atoms with Gasteiger partial charge in [0.2, 0.25) is 0 Å². The summed E-state index contributed by atoms with van der Waals surface area (Å²) < 4.78 is 4.77. The molecular weight excluding hydrogens is 244 g/mol. The number of nitrogen functional groups attached to an aromatic ring is 1. The van der Waals surface area contributed by atoms with E-state index in [0.29, 0.717) is 4.88 Å². The molecule has 1 aromatic rings. The zero-order valence-electron chi connectivity index (χ0n) is 9.02. The fraction of sp³-hybridized carbons (Fsp3) is 0.300. The molecule has 0 unspecified atom stereocenters. The molecule has 0 fully saturated rings. The minimum atomic E-state index is -1.03. The van der Waals surface area contributed by atoms with Crippen LogP contribution in [0.2, 0.25) is 0 Å². The highest BCUT2D eigenvalue weighted by Crippen LogP contribution is 2.20. The predicted molar refractivity (Wildman–Crippen MR) is 61.6 cm³/mol. The van der Waals surface area contributed by atoms with Gasteiger partial charge in [-0.05, 0) is 6.92 Å². The molecule has 0 aliphatic heterocycles. The molecule has 0 saturated carbocycles. The van der Waals surface area contributed by atoms with Crippen molar-refractivity contribution in [2.75, 3.05) is 12.3 Å². The first-order chi connectivity index (χ1) is 8.04. The molecule has 0 saturated heterocycles. The molecule has 6 nitrogen and oxygen atoms in total. The summed E-state index contributed by atoms with van der Waals surface area (Å²) in [4.78, 5) is 25.9. The Hall–Kier alpha value is -2.07. The number of aliphatic carboxylic acids is 1. The van der Waals surface area contributed by atoms with E-state index >= 15 is 0 Å². The van der Waals surface area contributed by atoms with Crippen LogP contribution in [-0.4, -0.2) is 28.6 Å². The number of anilines is 1. The van der Waals surface area contributed by atoms with Crippen LogP contribution in [0.4, 0.5) is 5.13 Å². The van der Waals surface area contributed by atoms with Crippen molar-refractivity contribution in [3.63, 3.8) is 0 Å². The lowest BCUT2D eigenvalue weighted by Gasteiger charge is -1.97. The Morgan fingerprint density at radius 3 is 2.88 bits per heavy atom. The van der Waals surface area contributed by atoms with Crippen molar-refractivity contribution in [1.82, 2.24) is 4.98 Å². The quantitative estimate of drug-likeness (QED) is 0.609. The van der Waals surface area contributed by atoms with E-state index in [1.165, 1.54) is 0 Å². The fourth-order valence-corrected chi connectivity index (χ4v) is 1.65. The minimum Gasteiger partial charge on any atom is -0.481 e. The maximum Gasteiger partial charge on any atom is 0.359 e. The lowest BCUT2D eigenvalue weighted by Crippen LogP contribution is -2.06. The van der Waals surface area contributed by atoms with E-state index < -0.39 is 11.9 Å². The molecule has 0 aromatic carbocycles. The van der Waals surface area contributed by atoms with Crippen LogP contribution in [-0.2, 0) is 9.53 Å². The van der Waals surface area contributed by atoms with Gasteiger partial charge in [0.1, 0.15) is 11.3 Å². The van der Waals surface area contributed by atoms with Crippen molar-refractivity contribution < 1.29 is 19.4 Å². The Balaban J connectivity index is 2.94. The molecule has 0 atom stereocenters. The molecule has 0 bridgehead atoms. The maximum absolute atomic E-state index is 11.5. The molecule has 0 aliphatic rings. The van der Waals surface area contributed by atoms with E-state index in [1.807, 2.05) is 0 Å². The van der Waals surface area contributed by atoms with Crippen molar-refractivity contribution in [2.45, 2.75) is 13.3 Å². The van der Waals surface area contributed by atoms with Crippen LogP contribution in [0, 0.1) is 11.8 Å². The number of carbonyl (C=O) groups is 2. The summed E-state index contributed by atoms with van der Waals surface area (Å²) in [5, 5.41) is 8.62. The topological polar surface area (TPSA) is 103 Å². The van der Waals surface area contributed by atoms with E-state index in [2.05, 4.69) is 16.8 Å². The Morgan fingerprint density at radius 1 is 1.59 bits per heavy atom. The molecule has 90 valence electrons. The summed E-state index contributed by atoms with van der Waals surface area (Å²) in [7, 11) is 0. The van der Waals surface area contributed by atoms with Gasteiger partial charge in [0.25, 0.3) is 0 Å². The van der Waals surface area contributed by atoms with Crippen LogP contribution in [0.25, 0.3) is 0 Å². The van der Waals surface area contributed by atoms with Crippen LogP contribution in [0.3, 0.4) is 0 Å². The smallest absolute Gasteiger partial charge is 0.359 e. The van der Waals surface area contributed by atoms with E-state index in [1.54, 1.807) is 6.92 Å². The summed E-state index contributed by atoms with van der Waals surface area (Å²) in [5.41, 5.74) is 5.49. The molecule has 0 aliphatic carbocycles. The molecule has 0 radical (unpaired) electrons. The van der Waals surface area contributed by atoms with Gasteiger partial charge in [0, 0.05) is 0 Å². The summed E-state index contributed by atoms with van der Waals surface area (Å²) in [6, 6.07) is 0. The number of hydrogen-bond donors (Lipinski definition) is 2. The molecule has 1 rings (SSSR count). The SMILES string of the molecule is CCOC(=O)c1nc(N)sc1C#CCC(=O)O. The molecule has 1 heterocycles. The van der Waals surface area contributed by atoms with Crippen molar-refractivity contribution in [2.24, 2.45) is 0 Å². The summed E-state index contributed by atoms with van der Waals surface area (Å²) in [6.45, 7) is 1.89. The lowest BCUT2D eigenvalue weighted by atomic mass is 10.3. The summed E-state index contributed by atoms with van der Waals surface area (Å²) in [5.74, 6) is 3.31. The van der Waals surface area contributed by atoms with Crippen LogP contribution in [0.1, 0.15) is 28.7 Å². The third kappa shape index (κ3) is 3.77. The van der Waals surface area contributed by atoms with Crippen LogP contribution < -0.4 is 5.73 Å². The first kappa shape index (κ1) is 13.0. The molecule has 17 heavy (non-hydrogen) atoms. The highest BCUT2D eigenvalue weighted by atomic mass is 32.1. The van der Waals surface area contributed by atoms with Gasteiger partial charge in [-0.3, -0.25) is 4.79 Å². The average molecular weight is 254 g/mol. The van der Waals surface area contributed by atoms with Crippen LogP contribution >= 0.6 is 11.3 Å². The number of thiazole rings is 1. The van der Waals surface area contributed by atoms with Crippen LogP contribution in [0.15, 0.2) is 0 Å². The normalized spacial score (nSPS) is 9.24. The highest BCUT2D eigenvalue weighted by molar-refractivity contribution is 7.16. The first-order valence-electron chi connectivity index (χ1n) is 4.68. The fourth-order valence-electron chi connectivity index (χ4n) is 0.959. The number of ether oxygens (including phenoxy) is 1. The molecule has 0 amide bonds. The monoisotopic (exact) mass is 254 g/mol. The van der Waals surface area contributed by atoms with Crippen molar-refractivity contribution in [3.05, 3.63) is 10.6 Å². The number of rotatable bonds is 3. The Morgan fingerprint density at radius 2 is 2.29 bits per heavy atom. The van der Waals surface area contributed by atoms with Gasteiger partial charge in [-0.25, -0.2) is 9.78 Å². The summed E-state index contributed by atoms with van der Waals surface area (Å²) >= 11 is 1.02. The number of esters is 1. The molecule has 3 N–H and O–H groups in total. The maximum atomic E-state index is 11.5. The van der Waals surface area contributed by atoms with Crippen molar-refractivity contribution in [3.8, 4) is 11.8 Å². The largest absolute Gasteiger partial charge is 0.481 e. The second-order valence-corrected chi connectivity index (χ2v) is 3.85. The van der Waals surface area contributed by atoms with Gasteiger partial charge in [0.05, 0.1) is 6.61 Å². The van der Waals surface area contributed by atoms with Gasteiger partial charge < -0.3 is 15.6 Å². The zero-order valence-corrected chi connectivity index (χ0v) is 9.84. The average Bonchev–Trinajstić information content (AvgIpc) is 2.59. The number of carbonyl (C=O) groups excluding carboxylic acids is 1. The predicted octanol–water partition coefficient (Wildman–Crippen LogP) is 0.728. The third-order valence-corrected chi connectivity index (χ3v) is 2.35. The second-order valence-electron chi connectivity index (χ2n) is 2.82. The van der Waals surface area contributed by atoms with Gasteiger partial charge in [-0.2, -0.15) is 0 Å². The zero-order chi connectivity index (χ0) is 12.8. The molecule has 1 aromatic heterocycles. The van der Waals surface area contributed by atoms with E-state index in [9.17, 15) is 9.59 Å². The highest BCUT2D eigenvalue weighted by Gasteiger charge is 2.16. The van der Waals surface area contributed by atoms with Crippen molar-refractivity contribution >= 4 is 28.4 Å². The molecular formula is C10H10N2O4S. The van der Waals surface area contributed by atoms with Gasteiger partial charge in [0.15, 0.2) is 10.8 Å². The van der Waals surface area contributed by atoms with Gasteiger partial charge in [-0.1, -0.05) is 23.2 Å². The Bertz CT molecular complexity index is 498. The lowest BCUT2D eigenvalue weighted by molar-refractivity contribution is -0.135. The summed E-state index contributed by atoms with van der Waals surface area (Å²) in [6.07, 6.45) is -0.305. The van der Waals surface area contributed by atoms with Crippen LogP contribution in [0.5, 0.6) is 0 Å². The standard InChI is InChI=1S/C10H10N2O4S/c1-2-16-9(15)8-6(17-10(11)12-8)4-3-5-7(13)14/h2,5H2,1H3,(H2,11,12)(H,13,14). The second kappa shape index (κ2) is 5.86. The van der Waals surface area contributed by atoms with E-state index in [-0.39, 0.29) is 23.9 Å². The number of aromatic nitrogens is 1. The third-order valence-electron chi connectivity index (χ3n) is 1.55. The number of nitrogens with two attached hydrogens (primary N) is 1. The number of hydrogen-bond acceptors (Lipinski definition) is 6. The van der Waals surface area contributed by atoms with Gasteiger partial charge in [-0.15, -0.1) is 0 Å². The number of carboxylic acids is 1. The molecule has 0 spiro atoms. The van der Waals surface area contributed by atoms with Crippen molar-refractivity contribution in [1.29, 1.82) is 0 Å². The molecule has 7 heteroatoms.